The quantitative estimate of drug-likeness (QED) is 0.911. The van der Waals surface area contributed by atoms with E-state index in [0.29, 0.717) is 16.5 Å². The molecule has 4 heteroatoms. The van der Waals surface area contributed by atoms with Gasteiger partial charge in [-0.3, -0.25) is 0 Å². The first-order valence-electron chi connectivity index (χ1n) is 5.33. The van der Waals surface area contributed by atoms with Gasteiger partial charge in [-0.25, -0.2) is 4.79 Å². The van der Waals surface area contributed by atoms with Gasteiger partial charge in [0.15, 0.2) is 0 Å². The highest BCUT2D eigenvalue weighted by Crippen LogP contribution is 2.27. The average molecular weight is 281 g/mol. The molecule has 0 amide bonds. The van der Waals surface area contributed by atoms with Gasteiger partial charge in [0, 0.05) is 0 Å². The number of benzene rings is 2. The first kappa shape index (κ1) is 12.9. The lowest BCUT2D eigenvalue weighted by atomic mass is 10.0. The predicted octanol–water partition coefficient (Wildman–Crippen LogP) is 4.28. The van der Waals surface area contributed by atoms with Gasteiger partial charge in [-0.15, -0.1) is 0 Å². The monoisotopic (exact) mass is 280 g/mol. The maximum absolute atomic E-state index is 10.7. The van der Waals surface area contributed by atoms with Crippen molar-refractivity contribution in [1.29, 1.82) is 0 Å². The molecule has 2 nitrogen and oxygen atoms in total. The first-order valence-corrected chi connectivity index (χ1v) is 6.08. The van der Waals surface area contributed by atoms with Gasteiger partial charge in [0.2, 0.25) is 0 Å². The molecule has 2 aromatic rings. The van der Waals surface area contributed by atoms with Gasteiger partial charge in [0.25, 0.3) is 0 Å². The Morgan fingerprint density at radius 1 is 1.06 bits per heavy atom. The van der Waals surface area contributed by atoms with Crippen LogP contribution in [0.15, 0.2) is 42.5 Å². The third-order valence-corrected chi connectivity index (χ3v) is 3.49. The summed E-state index contributed by atoms with van der Waals surface area (Å²) in [6.45, 7) is 0. The van der Waals surface area contributed by atoms with Gasteiger partial charge in [-0.05, 0) is 35.7 Å². The van der Waals surface area contributed by atoms with Crippen molar-refractivity contribution in [3.05, 3.63) is 69.2 Å². The minimum atomic E-state index is -0.928. The Morgan fingerprint density at radius 3 is 2.33 bits per heavy atom. The van der Waals surface area contributed by atoms with Crippen molar-refractivity contribution in [2.45, 2.75) is 6.42 Å². The summed E-state index contributed by atoms with van der Waals surface area (Å²) < 4.78 is 0. The summed E-state index contributed by atoms with van der Waals surface area (Å²) in [5, 5.41) is 9.87. The molecule has 0 saturated heterocycles. The smallest absolute Gasteiger partial charge is 0.335 e. The number of carbonyl (C=O) groups is 1. The molecule has 0 spiro atoms. The highest BCUT2D eigenvalue weighted by molar-refractivity contribution is 6.42. The Kier molecular flexibility index (Phi) is 3.90. The van der Waals surface area contributed by atoms with Crippen LogP contribution in [0.5, 0.6) is 0 Å². The molecule has 0 heterocycles. The summed E-state index contributed by atoms with van der Waals surface area (Å²) in [6.07, 6.45) is 0.624. The van der Waals surface area contributed by atoms with Crippen molar-refractivity contribution < 1.29 is 9.90 Å². The van der Waals surface area contributed by atoms with E-state index in [9.17, 15) is 4.79 Å². The molecule has 0 fully saturated rings. The van der Waals surface area contributed by atoms with E-state index in [1.165, 1.54) is 0 Å². The molecule has 2 aromatic carbocycles. The van der Waals surface area contributed by atoms with Crippen LogP contribution in [-0.2, 0) is 6.42 Å². The fraction of sp³-hybridized carbons (Fsp3) is 0.0714. The van der Waals surface area contributed by atoms with E-state index in [-0.39, 0.29) is 5.56 Å². The van der Waals surface area contributed by atoms with E-state index in [1.54, 1.807) is 30.3 Å². The van der Waals surface area contributed by atoms with E-state index in [1.807, 2.05) is 12.1 Å². The minimum Gasteiger partial charge on any atom is -0.478 e. The van der Waals surface area contributed by atoms with Crippen LogP contribution in [0, 0.1) is 0 Å². The van der Waals surface area contributed by atoms with E-state index in [2.05, 4.69) is 0 Å². The molecule has 0 aliphatic carbocycles. The lowest BCUT2D eigenvalue weighted by Crippen LogP contribution is -1.96. The number of hydrogen-bond donors (Lipinski definition) is 1. The van der Waals surface area contributed by atoms with E-state index in [0.717, 1.165) is 11.1 Å². The Labute approximate surface area is 115 Å². The molecular weight excluding hydrogens is 271 g/mol. The highest BCUT2D eigenvalue weighted by Gasteiger charge is 2.06. The van der Waals surface area contributed by atoms with E-state index in [4.69, 9.17) is 28.3 Å². The number of hydrogen-bond acceptors (Lipinski definition) is 1. The average Bonchev–Trinajstić information content (AvgIpc) is 2.36. The summed E-state index contributed by atoms with van der Waals surface area (Å²) in [5.74, 6) is -0.928. The fourth-order valence-corrected chi connectivity index (χ4v) is 2.06. The van der Waals surface area contributed by atoms with Gasteiger partial charge in [-0.1, -0.05) is 47.5 Å². The van der Waals surface area contributed by atoms with Crippen molar-refractivity contribution in [2.24, 2.45) is 0 Å². The Hall–Kier alpha value is -1.51. The largest absolute Gasteiger partial charge is 0.478 e. The van der Waals surface area contributed by atoms with Crippen molar-refractivity contribution in [2.75, 3.05) is 0 Å². The molecule has 0 unspecified atom stereocenters. The first-order chi connectivity index (χ1) is 8.58. The molecule has 0 aromatic heterocycles. The third-order valence-electron chi connectivity index (χ3n) is 2.63. The van der Waals surface area contributed by atoms with Crippen molar-refractivity contribution in [1.82, 2.24) is 0 Å². The van der Waals surface area contributed by atoms with Crippen LogP contribution in [0.2, 0.25) is 10.0 Å². The van der Waals surface area contributed by atoms with Crippen LogP contribution in [0.25, 0.3) is 0 Å². The zero-order valence-electron chi connectivity index (χ0n) is 9.36. The van der Waals surface area contributed by atoms with Crippen LogP contribution in [0.1, 0.15) is 21.5 Å². The summed E-state index contributed by atoms with van der Waals surface area (Å²) in [7, 11) is 0. The second-order valence-electron chi connectivity index (χ2n) is 3.89. The molecule has 18 heavy (non-hydrogen) atoms. The Morgan fingerprint density at radius 2 is 1.72 bits per heavy atom. The van der Waals surface area contributed by atoms with Crippen LogP contribution in [-0.4, -0.2) is 11.1 Å². The number of halogens is 2. The van der Waals surface area contributed by atoms with Gasteiger partial charge in [0.05, 0.1) is 15.6 Å². The molecule has 0 radical (unpaired) electrons. The van der Waals surface area contributed by atoms with Gasteiger partial charge in [0.1, 0.15) is 0 Å². The van der Waals surface area contributed by atoms with Gasteiger partial charge in [-0.2, -0.15) is 0 Å². The molecular formula is C14H10Cl2O2. The van der Waals surface area contributed by atoms with E-state index < -0.39 is 5.97 Å². The molecule has 0 saturated carbocycles. The number of carboxylic acid groups (broad SMARTS) is 1. The normalized spacial score (nSPS) is 10.3. The maximum atomic E-state index is 10.7. The number of aromatic carboxylic acids is 1. The van der Waals surface area contributed by atoms with Crippen molar-refractivity contribution >= 4 is 29.2 Å². The summed E-state index contributed by atoms with van der Waals surface area (Å²) in [5.41, 5.74) is 2.19. The molecule has 0 aliphatic rings. The highest BCUT2D eigenvalue weighted by atomic mass is 35.5. The second-order valence-corrected chi connectivity index (χ2v) is 4.68. The third kappa shape index (κ3) is 2.84. The predicted molar refractivity (Wildman–Crippen MR) is 72.7 cm³/mol. The molecule has 1 N–H and O–H groups in total. The Bertz CT molecular complexity index is 577. The molecule has 92 valence electrons. The summed E-state index contributed by atoms with van der Waals surface area (Å²) >= 11 is 12.0. The number of rotatable bonds is 3. The van der Waals surface area contributed by atoms with Crippen LogP contribution in [0.3, 0.4) is 0 Å². The zero-order chi connectivity index (χ0) is 13.1. The van der Waals surface area contributed by atoms with Crippen molar-refractivity contribution in [3.8, 4) is 0 Å². The van der Waals surface area contributed by atoms with Gasteiger partial charge >= 0.3 is 5.97 Å². The standard InChI is InChI=1S/C14H10Cl2O2/c15-12-3-1-2-11(13(12)16)8-9-4-6-10(7-5-9)14(17)18/h1-7H,8H2,(H,17,18). The SMILES string of the molecule is O=C(O)c1ccc(Cc2cccc(Cl)c2Cl)cc1. The van der Waals surface area contributed by atoms with E-state index >= 15 is 0 Å². The molecule has 0 bridgehead atoms. The topological polar surface area (TPSA) is 37.3 Å². The zero-order valence-corrected chi connectivity index (χ0v) is 10.9. The van der Waals surface area contributed by atoms with Crippen molar-refractivity contribution in [3.63, 3.8) is 0 Å². The summed E-state index contributed by atoms with van der Waals surface area (Å²) in [4.78, 5) is 10.7. The molecule has 2 rings (SSSR count). The van der Waals surface area contributed by atoms with Crippen LogP contribution >= 0.6 is 23.2 Å². The summed E-state index contributed by atoms with van der Waals surface area (Å²) in [6, 6.07) is 12.2. The lowest BCUT2D eigenvalue weighted by molar-refractivity contribution is 0.0697. The lowest BCUT2D eigenvalue weighted by Gasteiger charge is -2.06. The van der Waals surface area contributed by atoms with Crippen LogP contribution < -0.4 is 0 Å². The van der Waals surface area contributed by atoms with Gasteiger partial charge < -0.3 is 5.11 Å². The van der Waals surface area contributed by atoms with Crippen LogP contribution in [0.4, 0.5) is 0 Å². The minimum absolute atomic E-state index is 0.274. The molecule has 0 atom stereocenters. The molecule has 0 aliphatic heterocycles. The maximum Gasteiger partial charge on any atom is 0.335 e. The fourth-order valence-electron chi connectivity index (χ4n) is 1.67. The second kappa shape index (κ2) is 5.42. The Balaban J connectivity index is 2.24. The number of carboxylic acids is 1.